The molecule has 1 aromatic rings. The number of aromatic nitrogens is 2. The fourth-order valence-electron chi connectivity index (χ4n) is 1.18. The van der Waals surface area contributed by atoms with E-state index in [2.05, 4.69) is 5.10 Å². The molecule has 0 fully saturated rings. The largest absolute Gasteiger partial charge is 0.481 e. The molecule has 0 bridgehead atoms. The summed E-state index contributed by atoms with van der Waals surface area (Å²) in [6, 6.07) is 1.19. The summed E-state index contributed by atoms with van der Waals surface area (Å²) in [6.07, 6.45) is 1.17. The minimum atomic E-state index is -0.996. The maximum absolute atomic E-state index is 11.6. The molecule has 1 heterocycles. The lowest BCUT2D eigenvalue weighted by molar-refractivity contribution is -0.389. The number of rotatable bonds is 6. The predicted octanol–water partition coefficient (Wildman–Crippen LogP) is -0.276. The van der Waals surface area contributed by atoms with Crippen LogP contribution in [0.5, 0.6) is 0 Å². The summed E-state index contributed by atoms with van der Waals surface area (Å²) in [5, 5.41) is 22.4. The van der Waals surface area contributed by atoms with Gasteiger partial charge in [0.25, 0.3) is 0 Å². The number of carboxylic acids is 1. The first kappa shape index (κ1) is 13.6. The van der Waals surface area contributed by atoms with Crippen molar-refractivity contribution >= 4 is 17.7 Å². The Morgan fingerprint density at radius 2 is 2.28 bits per heavy atom. The van der Waals surface area contributed by atoms with E-state index in [1.54, 1.807) is 0 Å². The van der Waals surface area contributed by atoms with Crippen LogP contribution in [-0.2, 0) is 16.1 Å². The second kappa shape index (κ2) is 5.75. The predicted molar refractivity (Wildman–Crippen MR) is 58.8 cm³/mol. The van der Waals surface area contributed by atoms with Crippen LogP contribution >= 0.6 is 0 Å². The second-order valence-electron chi connectivity index (χ2n) is 3.59. The Morgan fingerprint density at radius 3 is 2.78 bits per heavy atom. The van der Waals surface area contributed by atoms with Crippen LogP contribution in [0.4, 0.5) is 5.82 Å². The highest BCUT2D eigenvalue weighted by atomic mass is 16.6. The Labute approximate surface area is 102 Å². The van der Waals surface area contributed by atoms with Gasteiger partial charge in [-0.05, 0) is 4.92 Å². The first-order valence-electron chi connectivity index (χ1n) is 5.03. The van der Waals surface area contributed by atoms with Crippen molar-refractivity contribution in [3.63, 3.8) is 0 Å². The molecule has 0 spiro atoms. The van der Waals surface area contributed by atoms with Crippen molar-refractivity contribution in [2.45, 2.75) is 13.0 Å². The highest BCUT2D eigenvalue weighted by Gasteiger charge is 2.16. The normalized spacial score (nSPS) is 10.1. The maximum Gasteiger partial charge on any atom is 0.389 e. The van der Waals surface area contributed by atoms with Gasteiger partial charge in [-0.3, -0.25) is 9.59 Å². The number of hydrogen-bond acceptors (Lipinski definition) is 5. The van der Waals surface area contributed by atoms with Gasteiger partial charge in [-0.1, -0.05) is 0 Å². The molecule has 18 heavy (non-hydrogen) atoms. The van der Waals surface area contributed by atoms with Crippen LogP contribution in [0.2, 0.25) is 0 Å². The van der Waals surface area contributed by atoms with Crippen LogP contribution in [0, 0.1) is 10.1 Å². The molecule has 0 aromatic carbocycles. The number of hydrogen-bond donors (Lipinski definition) is 1. The van der Waals surface area contributed by atoms with Crippen LogP contribution in [0.3, 0.4) is 0 Å². The fourth-order valence-corrected chi connectivity index (χ4v) is 1.18. The monoisotopic (exact) mass is 256 g/mol. The van der Waals surface area contributed by atoms with Gasteiger partial charge in [0.2, 0.25) is 5.91 Å². The average Bonchev–Trinajstić information content (AvgIpc) is 2.74. The number of nitrogens with zero attached hydrogens (tertiary/aromatic N) is 4. The van der Waals surface area contributed by atoms with Crippen molar-refractivity contribution in [2.75, 3.05) is 13.6 Å². The van der Waals surface area contributed by atoms with E-state index >= 15 is 0 Å². The highest BCUT2D eigenvalue weighted by Crippen LogP contribution is 2.05. The van der Waals surface area contributed by atoms with E-state index in [4.69, 9.17) is 5.11 Å². The third-order valence-electron chi connectivity index (χ3n) is 2.20. The SMILES string of the molecule is CN(CCC(=O)O)C(=O)Cn1ccc([N+](=O)[O-])n1. The molecule has 0 saturated carbocycles. The Morgan fingerprint density at radius 1 is 1.61 bits per heavy atom. The molecular formula is C9H12N4O5. The molecular weight excluding hydrogens is 244 g/mol. The number of amides is 1. The number of carbonyl (C=O) groups is 2. The number of aliphatic carboxylic acids is 1. The van der Waals surface area contributed by atoms with Crippen molar-refractivity contribution in [3.8, 4) is 0 Å². The third kappa shape index (κ3) is 3.85. The molecule has 0 saturated heterocycles. The molecule has 0 radical (unpaired) electrons. The summed E-state index contributed by atoms with van der Waals surface area (Å²) in [4.78, 5) is 32.9. The minimum absolute atomic E-state index is 0.0809. The Hall–Kier alpha value is -2.45. The van der Waals surface area contributed by atoms with Crippen molar-refractivity contribution in [3.05, 3.63) is 22.4 Å². The molecule has 1 rings (SSSR count). The van der Waals surface area contributed by atoms with E-state index in [0.29, 0.717) is 0 Å². The van der Waals surface area contributed by atoms with E-state index < -0.39 is 10.9 Å². The number of nitro groups is 1. The quantitative estimate of drug-likeness (QED) is 0.552. The summed E-state index contributed by atoms with van der Waals surface area (Å²) in [5.74, 6) is -1.70. The lowest BCUT2D eigenvalue weighted by Gasteiger charge is -2.14. The van der Waals surface area contributed by atoms with Crippen LogP contribution in [0.25, 0.3) is 0 Å². The average molecular weight is 256 g/mol. The summed E-state index contributed by atoms with van der Waals surface area (Å²) in [5.41, 5.74) is 0. The molecule has 0 unspecified atom stereocenters. The van der Waals surface area contributed by atoms with Gasteiger partial charge < -0.3 is 20.1 Å². The minimum Gasteiger partial charge on any atom is -0.481 e. The van der Waals surface area contributed by atoms with E-state index in [-0.39, 0.29) is 31.2 Å². The molecule has 1 aromatic heterocycles. The van der Waals surface area contributed by atoms with Crippen LogP contribution < -0.4 is 0 Å². The van der Waals surface area contributed by atoms with Crippen molar-refractivity contribution < 1.29 is 19.6 Å². The number of carbonyl (C=O) groups excluding carboxylic acids is 1. The molecule has 1 amide bonds. The zero-order chi connectivity index (χ0) is 13.7. The van der Waals surface area contributed by atoms with Crippen LogP contribution in [-0.4, -0.2) is 50.2 Å². The van der Waals surface area contributed by atoms with Gasteiger partial charge in [-0.2, -0.15) is 4.68 Å². The maximum atomic E-state index is 11.6. The zero-order valence-corrected chi connectivity index (χ0v) is 9.65. The highest BCUT2D eigenvalue weighted by molar-refractivity contribution is 5.76. The number of carboxylic acid groups (broad SMARTS) is 1. The van der Waals surface area contributed by atoms with Gasteiger partial charge in [0.15, 0.2) is 0 Å². The van der Waals surface area contributed by atoms with Crippen molar-refractivity contribution in [1.29, 1.82) is 0 Å². The lowest BCUT2D eigenvalue weighted by Crippen LogP contribution is -2.32. The standard InChI is InChI=1S/C9H12N4O5/c1-11(4-3-9(15)16)8(14)6-12-5-2-7(10-12)13(17)18/h2,5H,3-4,6H2,1H3,(H,15,16). The molecule has 98 valence electrons. The fraction of sp³-hybridized carbons (Fsp3) is 0.444. The van der Waals surface area contributed by atoms with Gasteiger partial charge in [0, 0.05) is 13.6 Å². The van der Waals surface area contributed by atoms with E-state index in [1.165, 1.54) is 24.2 Å². The van der Waals surface area contributed by atoms with Gasteiger partial charge in [-0.15, -0.1) is 0 Å². The number of likely N-dealkylation sites (N-methyl/N-ethyl adjacent to an activating group) is 1. The Kier molecular flexibility index (Phi) is 4.35. The molecule has 0 aliphatic heterocycles. The molecule has 9 nitrogen and oxygen atoms in total. The van der Waals surface area contributed by atoms with Gasteiger partial charge in [0.1, 0.15) is 6.54 Å². The van der Waals surface area contributed by atoms with Crippen LogP contribution in [0.1, 0.15) is 6.42 Å². The molecule has 0 atom stereocenters. The van der Waals surface area contributed by atoms with Crippen molar-refractivity contribution in [1.82, 2.24) is 14.7 Å². The third-order valence-corrected chi connectivity index (χ3v) is 2.20. The zero-order valence-electron chi connectivity index (χ0n) is 9.65. The summed E-state index contributed by atoms with van der Waals surface area (Å²) >= 11 is 0. The Balaban J connectivity index is 2.52. The second-order valence-corrected chi connectivity index (χ2v) is 3.59. The van der Waals surface area contributed by atoms with Crippen LogP contribution in [0.15, 0.2) is 12.3 Å². The lowest BCUT2D eigenvalue weighted by atomic mass is 10.4. The summed E-state index contributed by atoms with van der Waals surface area (Å²) < 4.78 is 1.14. The molecule has 9 heteroatoms. The smallest absolute Gasteiger partial charge is 0.389 e. The van der Waals surface area contributed by atoms with E-state index in [0.717, 1.165) is 4.68 Å². The van der Waals surface area contributed by atoms with Gasteiger partial charge >= 0.3 is 11.8 Å². The van der Waals surface area contributed by atoms with E-state index in [9.17, 15) is 19.7 Å². The topological polar surface area (TPSA) is 119 Å². The van der Waals surface area contributed by atoms with Gasteiger partial charge in [-0.25, -0.2) is 0 Å². The first-order valence-corrected chi connectivity index (χ1v) is 5.03. The molecule has 0 aliphatic rings. The first-order chi connectivity index (χ1) is 8.40. The Bertz CT molecular complexity index is 469. The summed E-state index contributed by atoms with van der Waals surface area (Å²) in [6.45, 7) is -0.0819. The van der Waals surface area contributed by atoms with E-state index in [1.807, 2.05) is 0 Å². The summed E-state index contributed by atoms with van der Waals surface area (Å²) in [7, 11) is 1.46. The molecule has 0 aliphatic carbocycles. The molecule has 1 N–H and O–H groups in total. The van der Waals surface area contributed by atoms with Crippen molar-refractivity contribution in [2.24, 2.45) is 0 Å². The van der Waals surface area contributed by atoms with Gasteiger partial charge in [0.05, 0.1) is 23.8 Å².